The zero-order chi connectivity index (χ0) is 10.7. The molecule has 3 heteroatoms. The summed E-state index contributed by atoms with van der Waals surface area (Å²) in [5.41, 5.74) is 2.69. The van der Waals surface area contributed by atoms with E-state index in [1.165, 1.54) is 24.2 Å². The summed E-state index contributed by atoms with van der Waals surface area (Å²) in [6.45, 7) is 2.60. The maximum atomic E-state index is 10.8. The maximum absolute atomic E-state index is 10.8. The first-order valence-corrected chi connectivity index (χ1v) is 5.79. The number of rotatable bonds is 4. The molecule has 0 unspecified atom stereocenters. The molecular weight excluding hydrogens is 188 g/mol. The topological polar surface area (TPSA) is 34.9 Å². The van der Waals surface area contributed by atoms with E-state index < -0.39 is 0 Å². The van der Waals surface area contributed by atoms with Crippen molar-refractivity contribution in [3.63, 3.8) is 0 Å². The largest absolute Gasteiger partial charge is 0.334 e. The van der Waals surface area contributed by atoms with Crippen molar-refractivity contribution >= 4 is 5.78 Å². The van der Waals surface area contributed by atoms with E-state index in [9.17, 15) is 4.79 Å². The second-order valence-corrected chi connectivity index (χ2v) is 4.34. The smallest absolute Gasteiger partial charge is 0.129 e. The first kappa shape index (κ1) is 10.4. The molecule has 0 aromatic carbocycles. The molecule has 2 rings (SSSR count). The maximum Gasteiger partial charge on any atom is 0.129 e. The average molecular weight is 206 g/mol. The zero-order valence-corrected chi connectivity index (χ0v) is 9.33. The number of hydrogen-bond donors (Lipinski definition) is 0. The molecule has 1 aliphatic carbocycles. The Kier molecular flexibility index (Phi) is 3.19. The number of imidazole rings is 1. The van der Waals surface area contributed by atoms with E-state index in [1.807, 2.05) is 6.33 Å². The molecule has 15 heavy (non-hydrogen) atoms. The molecular formula is C12H18N2O. The van der Waals surface area contributed by atoms with Gasteiger partial charge in [-0.1, -0.05) is 0 Å². The van der Waals surface area contributed by atoms with Crippen LogP contribution in [-0.4, -0.2) is 15.3 Å². The van der Waals surface area contributed by atoms with Gasteiger partial charge in [-0.25, -0.2) is 4.98 Å². The number of carbonyl (C=O) groups excluding carboxylic acids is 1. The standard InChI is InChI=1S/C12H18N2O/c1-10(15)5-4-8-14-9-13-11-6-2-3-7-12(11)14/h9H,2-8H2,1H3. The molecule has 0 radical (unpaired) electrons. The molecule has 1 aromatic heterocycles. The van der Waals surface area contributed by atoms with Crippen LogP contribution < -0.4 is 0 Å². The molecule has 0 amide bonds. The second kappa shape index (κ2) is 4.60. The highest BCUT2D eigenvalue weighted by Gasteiger charge is 2.14. The van der Waals surface area contributed by atoms with Gasteiger partial charge >= 0.3 is 0 Å². The SMILES string of the molecule is CC(=O)CCCn1cnc2c1CCCC2. The van der Waals surface area contributed by atoms with Gasteiger partial charge in [0.1, 0.15) is 5.78 Å². The third-order valence-electron chi connectivity index (χ3n) is 3.04. The first-order valence-electron chi connectivity index (χ1n) is 5.79. The van der Waals surface area contributed by atoms with Crippen LogP contribution in [-0.2, 0) is 24.2 Å². The van der Waals surface area contributed by atoms with E-state index >= 15 is 0 Å². The zero-order valence-electron chi connectivity index (χ0n) is 9.33. The van der Waals surface area contributed by atoms with Crippen molar-refractivity contribution in [2.24, 2.45) is 0 Å². The van der Waals surface area contributed by atoms with Crippen LogP contribution in [0.2, 0.25) is 0 Å². The Morgan fingerprint density at radius 3 is 3.07 bits per heavy atom. The molecule has 1 heterocycles. The van der Waals surface area contributed by atoms with Crippen LogP contribution in [0.25, 0.3) is 0 Å². The lowest BCUT2D eigenvalue weighted by Gasteiger charge is -2.13. The lowest BCUT2D eigenvalue weighted by atomic mass is 10.0. The van der Waals surface area contributed by atoms with Gasteiger partial charge in [-0.2, -0.15) is 0 Å². The summed E-state index contributed by atoms with van der Waals surface area (Å²) in [7, 11) is 0. The molecule has 0 bridgehead atoms. The van der Waals surface area contributed by atoms with Gasteiger partial charge in [0.25, 0.3) is 0 Å². The molecule has 0 fully saturated rings. The van der Waals surface area contributed by atoms with E-state index in [0.717, 1.165) is 25.8 Å². The number of Topliss-reactive ketones (excluding diaryl/α,β-unsaturated/α-hetero) is 1. The molecule has 1 aliphatic rings. The highest BCUT2D eigenvalue weighted by Crippen LogP contribution is 2.20. The van der Waals surface area contributed by atoms with Gasteiger partial charge in [-0.15, -0.1) is 0 Å². The van der Waals surface area contributed by atoms with E-state index in [-0.39, 0.29) is 5.78 Å². The fourth-order valence-electron chi connectivity index (χ4n) is 2.22. The fourth-order valence-corrected chi connectivity index (χ4v) is 2.22. The van der Waals surface area contributed by atoms with E-state index in [1.54, 1.807) is 6.92 Å². The lowest BCUT2D eigenvalue weighted by molar-refractivity contribution is -0.117. The third-order valence-corrected chi connectivity index (χ3v) is 3.04. The van der Waals surface area contributed by atoms with Crippen molar-refractivity contribution in [1.82, 2.24) is 9.55 Å². The molecule has 0 atom stereocenters. The number of hydrogen-bond acceptors (Lipinski definition) is 2. The van der Waals surface area contributed by atoms with Crippen molar-refractivity contribution < 1.29 is 4.79 Å². The van der Waals surface area contributed by atoms with E-state index in [4.69, 9.17) is 0 Å². The van der Waals surface area contributed by atoms with Crippen LogP contribution in [0.4, 0.5) is 0 Å². The molecule has 3 nitrogen and oxygen atoms in total. The lowest BCUT2D eigenvalue weighted by Crippen LogP contribution is -2.08. The number of ketones is 1. The van der Waals surface area contributed by atoms with Crippen LogP contribution in [0.1, 0.15) is 44.0 Å². The predicted molar refractivity (Wildman–Crippen MR) is 58.8 cm³/mol. The fraction of sp³-hybridized carbons (Fsp3) is 0.667. The van der Waals surface area contributed by atoms with Crippen molar-refractivity contribution in [2.45, 2.75) is 52.0 Å². The summed E-state index contributed by atoms with van der Waals surface area (Å²) in [6.07, 6.45) is 8.43. The highest BCUT2D eigenvalue weighted by atomic mass is 16.1. The Labute approximate surface area is 90.5 Å². The monoisotopic (exact) mass is 206 g/mol. The van der Waals surface area contributed by atoms with Crippen LogP contribution in [0.3, 0.4) is 0 Å². The quantitative estimate of drug-likeness (QED) is 0.756. The van der Waals surface area contributed by atoms with Gasteiger partial charge in [0.05, 0.1) is 12.0 Å². The highest BCUT2D eigenvalue weighted by molar-refractivity contribution is 5.75. The van der Waals surface area contributed by atoms with Crippen molar-refractivity contribution in [2.75, 3.05) is 0 Å². The normalized spacial score (nSPS) is 15.0. The van der Waals surface area contributed by atoms with Gasteiger partial charge in [-0.05, 0) is 39.0 Å². The number of carbonyl (C=O) groups is 1. The minimum Gasteiger partial charge on any atom is -0.334 e. The molecule has 0 saturated carbocycles. The Morgan fingerprint density at radius 2 is 2.27 bits per heavy atom. The molecule has 0 N–H and O–H groups in total. The molecule has 0 aliphatic heterocycles. The predicted octanol–water partition coefficient (Wildman–Crippen LogP) is 2.13. The minimum absolute atomic E-state index is 0.281. The summed E-state index contributed by atoms with van der Waals surface area (Å²) < 4.78 is 2.23. The number of aromatic nitrogens is 2. The Morgan fingerprint density at radius 1 is 1.47 bits per heavy atom. The summed E-state index contributed by atoms with van der Waals surface area (Å²) >= 11 is 0. The Hall–Kier alpha value is -1.12. The van der Waals surface area contributed by atoms with E-state index in [2.05, 4.69) is 9.55 Å². The Bertz CT molecular complexity index is 355. The number of nitrogens with zero attached hydrogens (tertiary/aromatic N) is 2. The van der Waals surface area contributed by atoms with Crippen LogP contribution >= 0.6 is 0 Å². The van der Waals surface area contributed by atoms with Crippen LogP contribution in [0.15, 0.2) is 6.33 Å². The van der Waals surface area contributed by atoms with Crippen molar-refractivity contribution in [3.8, 4) is 0 Å². The molecule has 1 aromatic rings. The Balaban J connectivity index is 1.96. The molecule has 0 spiro atoms. The summed E-state index contributed by atoms with van der Waals surface area (Å²) in [4.78, 5) is 15.3. The van der Waals surface area contributed by atoms with Crippen LogP contribution in [0.5, 0.6) is 0 Å². The van der Waals surface area contributed by atoms with Crippen LogP contribution in [0, 0.1) is 0 Å². The third kappa shape index (κ3) is 2.46. The summed E-state index contributed by atoms with van der Waals surface area (Å²) in [6, 6.07) is 0. The summed E-state index contributed by atoms with van der Waals surface area (Å²) in [5.74, 6) is 0.281. The van der Waals surface area contributed by atoms with E-state index in [0.29, 0.717) is 6.42 Å². The number of fused-ring (bicyclic) bond motifs is 1. The average Bonchev–Trinajstić information content (AvgIpc) is 2.62. The number of aryl methyl sites for hydroxylation is 2. The molecule has 0 saturated heterocycles. The van der Waals surface area contributed by atoms with Gasteiger partial charge < -0.3 is 9.36 Å². The van der Waals surface area contributed by atoms with Gasteiger partial charge in [0.15, 0.2) is 0 Å². The molecule has 82 valence electrons. The first-order chi connectivity index (χ1) is 7.27. The second-order valence-electron chi connectivity index (χ2n) is 4.34. The van der Waals surface area contributed by atoms with Gasteiger partial charge in [0, 0.05) is 18.7 Å². The van der Waals surface area contributed by atoms with Crippen molar-refractivity contribution in [3.05, 3.63) is 17.7 Å². The summed E-state index contributed by atoms with van der Waals surface area (Å²) in [5, 5.41) is 0. The van der Waals surface area contributed by atoms with Gasteiger partial charge in [-0.3, -0.25) is 0 Å². The van der Waals surface area contributed by atoms with Crippen molar-refractivity contribution in [1.29, 1.82) is 0 Å². The van der Waals surface area contributed by atoms with Gasteiger partial charge in [0.2, 0.25) is 0 Å². The minimum atomic E-state index is 0.281.